The van der Waals surface area contributed by atoms with E-state index in [0.717, 1.165) is 58.9 Å². The number of nitro benzene ring substituents is 1. The summed E-state index contributed by atoms with van der Waals surface area (Å²) in [6.45, 7) is 9.62. The number of alkyl halides is 7. The van der Waals surface area contributed by atoms with Gasteiger partial charge in [-0.15, -0.1) is 11.6 Å². The number of anilines is 1. The van der Waals surface area contributed by atoms with Crippen LogP contribution in [0.5, 0.6) is 11.5 Å². The maximum atomic E-state index is 14.5. The van der Waals surface area contributed by atoms with Crippen molar-refractivity contribution in [2.24, 2.45) is 7.05 Å². The molecule has 0 aliphatic heterocycles. The summed E-state index contributed by atoms with van der Waals surface area (Å²) in [6.07, 6.45) is -8.10. The number of rotatable bonds is 16. The largest absolute Gasteiger partial charge is 0.456 e. The number of hydrogen-bond donors (Lipinski definition) is 2. The number of hydrogen-bond acceptors (Lipinski definition) is 13. The maximum Gasteiger partial charge on any atom is 0.431 e. The molecule has 2 N–H and O–H groups in total. The summed E-state index contributed by atoms with van der Waals surface area (Å²) < 4.78 is 153. The highest BCUT2D eigenvalue weighted by molar-refractivity contribution is 7.89. The first kappa shape index (κ1) is 66.6. The van der Waals surface area contributed by atoms with Crippen molar-refractivity contribution in [3.63, 3.8) is 0 Å². The molecule has 432 valence electrons. The third kappa shape index (κ3) is 17.4. The minimum atomic E-state index is -5.04. The van der Waals surface area contributed by atoms with E-state index in [4.69, 9.17) is 44.3 Å². The SMILES string of the molecule is CC(C)N(C)S(=O)(=O)NC(=O)c1cc(-n2c(=O)cc(C(F)(F)F)n(C)c2=O)c(F)cc1Cl.CCc1cccc(C)c1N(C(=O)CCl)[C@@H](C)COC.CS(=O)(=O)NC(=O)c1cc(Oc2ccc(C(F)(F)F)cc2Cl)ccc1[N+](=O)[O-]. The predicted molar refractivity (Wildman–Crippen MR) is 279 cm³/mol. The van der Waals surface area contributed by atoms with Crippen LogP contribution in [0.1, 0.15) is 70.8 Å². The van der Waals surface area contributed by atoms with Crippen LogP contribution in [0.2, 0.25) is 10.0 Å². The highest BCUT2D eigenvalue weighted by atomic mass is 35.5. The summed E-state index contributed by atoms with van der Waals surface area (Å²) in [5.41, 5.74) is -5.32. The standard InChI is InChI=1S/C17H17ClF4N4O5S.C15H10ClF3N2O6S.C15H22ClNO2/c1-8(2)25(4)32(30,31)23-15(28)9-5-12(11(19)6-10(9)18)26-14(27)7-13(17(20,21)22)24(3)16(26)29;1-28(25,26)20-14(22)10-7-9(3-4-12(10)21(23)24)27-13-5-2-8(6-11(13)16)15(17,18)19;1-5-13-8-6-7-11(2)15(13)17(14(18)9-16)12(3)10-19-4/h5-8H,1-4H3,(H,23,28);2-7H,1H3,(H,20,22);6-8,12H,5,9-10H2,1-4H3/t;;12-/m..0/s1. The van der Waals surface area contributed by atoms with Gasteiger partial charge in [0.05, 0.1) is 56.4 Å². The topological polar surface area (TPSA) is 256 Å². The molecule has 5 aromatic rings. The summed E-state index contributed by atoms with van der Waals surface area (Å²) in [5.74, 6) is -4.42. The fourth-order valence-corrected chi connectivity index (χ4v) is 8.95. The van der Waals surface area contributed by atoms with Crippen molar-refractivity contribution in [2.45, 2.75) is 65.5 Å². The highest BCUT2D eigenvalue weighted by Crippen LogP contribution is 2.37. The number of nitrogens with one attached hydrogen (secondary N) is 2. The number of carbonyl (C=O) groups is 3. The number of aryl methyl sites for hydroxylation is 2. The van der Waals surface area contributed by atoms with E-state index in [1.165, 1.54) is 20.9 Å². The summed E-state index contributed by atoms with van der Waals surface area (Å²) in [4.78, 5) is 73.2. The Morgan fingerprint density at radius 3 is 1.97 bits per heavy atom. The van der Waals surface area contributed by atoms with Crippen molar-refractivity contribution in [1.29, 1.82) is 0 Å². The van der Waals surface area contributed by atoms with Crippen LogP contribution in [0.25, 0.3) is 5.69 Å². The second-order valence-electron chi connectivity index (χ2n) is 16.9. The number of nitro groups is 1. The Hall–Kier alpha value is -6.63. The second kappa shape index (κ2) is 27.0. The van der Waals surface area contributed by atoms with Crippen LogP contribution >= 0.6 is 34.8 Å². The van der Waals surface area contributed by atoms with Gasteiger partial charge in [-0.1, -0.05) is 48.3 Å². The Balaban J connectivity index is 0.000000321. The van der Waals surface area contributed by atoms with E-state index < -0.39 is 116 Å². The van der Waals surface area contributed by atoms with Crippen LogP contribution in [0.3, 0.4) is 0 Å². The number of carbonyl (C=O) groups excluding carboxylic acids is 3. The first-order valence-corrected chi connectivity index (χ1v) is 27.0. The maximum absolute atomic E-state index is 14.5. The van der Waals surface area contributed by atoms with Crippen LogP contribution in [0, 0.1) is 22.9 Å². The van der Waals surface area contributed by atoms with Gasteiger partial charge < -0.3 is 14.4 Å². The van der Waals surface area contributed by atoms with Gasteiger partial charge in [-0.2, -0.15) is 39.1 Å². The fourth-order valence-electron chi connectivity index (χ4n) is 6.87. The molecule has 1 heterocycles. The van der Waals surface area contributed by atoms with Crippen molar-refractivity contribution >= 4 is 84.1 Å². The molecule has 1 atom stereocenters. The van der Waals surface area contributed by atoms with Gasteiger partial charge >= 0.3 is 28.3 Å². The van der Waals surface area contributed by atoms with Gasteiger partial charge in [-0.05, 0) is 81.6 Å². The highest BCUT2D eigenvalue weighted by Gasteiger charge is 2.36. The average Bonchev–Trinajstić information content (AvgIpc) is 3.33. The van der Waals surface area contributed by atoms with E-state index in [9.17, 15) is 81.7 Å². The van der Waals surface area contributed by atoms with Gasteiger partial charge in [-0.25, -0.2) is 31.6 Å². The number of para-hydroxylation sites is 1. The van der Waals surface area contributed by atoms with E-state index in [2.05, 4.69) is 13.0 Å². The molecule has 5 rings (SSSR count). The summed E-state index contributed by atoms with van der Waals surface area (Å²) in [5, 5.41) is 10.1. The van der Waals surface area contributed by atoms with E-state index in [1.54, 1.807) is 21.5 Å². The Labute approximate surface area is 461 Å². The number of nitrogens with zero attached hydrogens (tertiary/aromatic N) is 5. The number of aromatic nitrogens is 2. The quantitative estimate of drug-likeness (QED) is 0.0407. The average molecular weight is 1220 g/mol. The lowest BCUT2D eigenvalue weighted by molar-refractivity contribution is -0.385. The minimum absolute atomic E-state index is 0.0223. The van der Waals surface area contributed by atoms with E-state index in [1.807, 2.05) is 26.0 Å². The zero-order valence-electron chi connectivity index (χ0n) is 42.8. The van der Waals surface area contributed by atoms with Crippen molar-refractivity contribution in [2.75, 3.05) is 37.8 Å². The predicted octanol–water partition coefficient (Wildman–Crippen LogP) is 8.58. The number of benzene rings is 4. The normalized spacial score (nSPS) is 12.2. The van der Waals surface area contributed by atoms with Crippen LogP contribution in [-0.4, -0.2) is 97.9 Å². The van der Waals surface area contributed by atoms with Gasteiger partial charge in [0.25, 0.3) is 23.1 Å². The van der Waals surface area contributed by atoms with E-state index in [0.29, 0.717) is 37.1 Å². The molecule has 32 heteroatoms. The molecule has 0 bridgehead atoms. The monoisotopic (exact) mass is 1220 g/mol. The Morgan fingerprint density at radius 2 is 1.47 bits per heavy atom. The Bertz CT molecular complexity index is 3470. The number of amides is 3. The zero-order valence-corrected chi connectivity index (χ0v) is 46.7. The number of ether oxygens (including phenoxy) is 2. The molecule has 79 heavy (non-hydrogen) atoms. The van der Waals surface area contributed by atoms with Gasteiger partial charge in [0.15, 0.2) is 0 Å². The summed E-state index contributed by atoms with van der Waals surface area (Å²) in [7, 11) is -4.80. The fraction of sp³-hybridized carbons (Fsp3) is 0.340. The van der Waals surface area contributed by atoms with Crippen molar-refractivity contribution in [1.82, 2.24) is 22.9 Å². The molecule has 0 saturated carbocycles. The summed E-state index contributed by atoms with van der Waals surface area (Å²) in [6, 6.07) is 11.8. The molecule has 4 aromatic carbocycles. The van der Waals surface area contributed by atoms with E-state index >= 15 is 0 Å². The van der Waals surface area contributed by atoms with Crippen molar-refractivity contribution in [3.8, 4) is 17.2 Å². The van der Waals surface area contributed by atoms with Crippen molar-refractivity contribution < 1.29 is 76.3 Å². The third-order valence-electron chi connectivity index (χ3n) is 10.8. The first-order chi connectivity index (χ1) is 36.3. The number of methoxy groups -OCH3 is 1. The third-order valence-corrected chi connectivity index (χ3v) is 13.8. The Morgan fingerprint density at radius 1 is 0.861 bits per heavy atom. The molecule has 0 aliphatic carbocycles. The second-order valence-corrected chi connectivity index (χ2v) is 21.5. The molecule has 3 amide bonds. The van der Waals surface area contributed by atoms with Gasteiger partial charge in [0.1, 0.15) is 34.5 Å². The van der Waals surface area contributed by atoms with E-state index in [-0.39, 0.29) is 44.5 Å². The van der Waals surface area contributed by atoms with Crippen LogP contribution in [-0.2, 0) is 55.6 Å². The molecule has 0 unspecified atom stereocenters. The molecule has 20 nitrogen and oxygen atoms in total. The molecule has 0 saturated heterocycles. The van der Waals surface area contributed by atoms with Crippen LogP contribution in [0.15, 0.2) is 82.4 Å². The Kier molecular flexibility index (Phi) is 22.8. The minimum Gasteiger partial charge on any atom is -0.456 e. The van der Waals surface area contributed by atoms with Crippen molar-refractivity contribution in [3.05, 3.63) is 153 Å². The molecule has 0 radical (unpaired) electrons. The molecular weight excluding hydrogens is 1170 g/mol. The van der Waals surface area contributed by atoms with Crippen LogP contribution < -0.4 is 30.3 Å². The molecule has 0 aliphatic rings. The molecular formula is C47H49Cl3F7N7O13S2. The molecule has 0 fully saturated rings. The first-order valence-electron chi connectivity index (χ1n) is 22.3. The number of sulfonamides is 1. The van der Waals surface area contributed by atoms with Gasteiger partial charge in [-0.3, -0.25) is 33.9 Å². The molecule has 1 aromatic heterocycles. The lowest BCUT2D eigenvalue weighted by atomic mass is 10.0. The number of halogens is 10. The molecule has 0 spiro atoms. The van der Waals surface area contributed by atoms with Gasteiger partial charge in [0, 0.05) is 45.4 Å². The zero-order chi connectivity index (χ0) is 60.4. The lowest BCUT2D eigenvalue weighted by Crippen LogP contribution is -2.44. The van der Waals surface area contributed by atoms with Crippen LogP contribution in [0.4, 0.5) is 42.1 Å². The smallest absolute Gasteiger partial charge is 0.431 e. The summed E-state index contributed by atoms with van der Waals surface area (Å²) >= 11 is 17.3. The lowest BCUT2D eigenvalue weighted by Gasteiger charge is -2.31. The van der Waals surface area contributed by atoms with Gasteiger partial charge in [0.2, 0.25) is 15.9 Å².